The van der Waals surface area contributed by atoms with Crippen molar-refractivity contribution in [3.8, 4) is 17.2 Å². The van der Waals surface area contributed by atoms with Gasteiger partial charge < -0.3 is 19.2 Å². The quantitative estimate of drug-likeness (QED) is 0.568. The van der Waals surface area contributed by atoms with E-state index in [0.717, 1.165) is 16.9 Å². The van der Waals surface area contributed by atoms with Gasteiger partial charge in [0.25, 0.3) is 11.8 Å². The fourth-order valence-corrected chi connectivity index (χ4v) is 2.76. The Bertz CT molecular complexity index is 1010. The largest absolute Gasteiger partial charge is 0.497 e. The minimum absolute atomic E-state index is 0.0292. The number of hydrogen-bond donors (Lipinski definition) is 1. The van der Waals surface area contributed by atoms with Crippen molar-refractivity contribution in [3.63, 3.8) is 0 Å². The van der Waals surface area contributed by atoms with Crippen molar-refractivity contribution in [1.29, 1.82) is 0 Å². The first kappa shape index (κ1) is 21.0. The van der Waals surface area contributed by atoms with Gasteiger partial charge >= 0.3 is 5.97 Å². The lowest BCUT2D eigenvalue weighted by molar-refractivity contribution is -0.149. The Morgan fingerprint density at radius 3 is 2.53 bits per heavy atom. The van der Waals surface area contributed by atoms with Crippen LogP contribution < -0.4 is 10.1 Å². The summed E-state index contributed by atoms with van der Waals surface area (Å²) < 4.78 is 16.1. The van der Waals surface area contributed by atoms with E-state index >= 15 is 0 Å². The number of aryl methyl sites for hydroxylation is 1. The maximum atomic E-state index is 12.2. The second-order valence-electron chi connectivity index (χ2n) is 6.63. The molecule has 1 atom stereocenters. The van der Waals surface area contributed by atoms with Gasteiger partial charge in [-0.2, -0.15) is 0 Å². The average molecular weight is 409 g/mol. The first-order valence-electron chi connectivity index (χ1n) is 9.49. The second-order valence-corrected chi connectivity index (χ2v) is 6.63. The van der Waals surface area contributed by atoms with Crippen LogP contribution in [0.3, 0.4) is 0 Å². The highest BCUT2D eigenvalue weighted by Crippen LogP contribution is 2.24. The maximum absolute atomic E-state index is 12.2. The van der Waals surface area contributed by atoms with Crippen LogP contribution in [0.25, 0.3) is 11.5 Å². The van der Waals surface area contributed by atoms with Crippen molar-refractivity contribution in [1.82, 2.24) is 15.5 Å². The summed E-state index contributed by atoms with van der Waals surface area (Å²) in [4.78, 5) is 24.2. The van der Waals surface area contributed by atoms with Crippen LogP contribution in [0.4, 0.5) is 0 Å². The highest BCUT2D eigenvalue weighted by atomic mass is 16.6. The van der Waals surface area contributed by atoms with Crippen LogP contribution in [0.15, 0.2) is 52.9 Å². The molecule has 0 spiro atoms. The molecule has 3 rings (SSSR count). The van der Waals surface area contributed by atoms with E-state index in [1.807, 2.05) is 19.1 Å². The number of rotatable bonds is 8. The Kier molecular flexibility index (Phi) is 6.79. The SMILES string of the molecule is COc1ccc(-c2nnc(C(C)OC(=O)CCNC(=O)c3ccccc3C)o2)cc1. The van der Waals surface area contributed by atoms with Crippen molar-refractivity contribution < 1.29 is 23.5 Å². The molecule has 3 aromatic rings. The van der Waals surface area contributed by atoms with Crippen LogP contribution in [0.5, 0.6) is 5.75 Å². The van der Waals surface area contributed by atoms with Crippen LogP contribution in [-0.4, -0.2) is 35.7 Å². The monoisotopic (exact) mass is 409 g/mol. The first-order valence-corrected chi connectivity index (χ1v) is 9.49. The Morgan fingerprint density at radius 1 is 1.10 bits per heavy atom. The van der Waals surface area contributed by atoms with Gasteiger partial charge in [0, 0.05) is 17.7 Å². The summed E-state index contributed by atoms with van der Waals surface area (Å²) in [5.74, 6) is 0.529. The molecule has 8 nitrogen and oxygen atoms in total. The van der Waals surface area contributed by atoms with E-state index in [1.165, 1.54) is 0 Å². The lowest BCUT2D eigenvalue weighted by Gasteiger charge is -2.10. The van der Waals surface area contributed by atoms with Gasteiger partial charge in [-0.1, -0.05) is 18.2 Å². The molecule has 0 aliphatic heterocycles. The molecule has 0 saturated carbocycles. The molecule has 1 heterocycles. The predicted molar refractivity (Wildman–Crippen MR) is 109 cm³/mol. The van der Waals surface area contributed by atoms with E-state index in [0.29, 0.717) is 11.5 Å². The van der Waals surface area contributed by atoms with Gasteiger partial charge in [-0.3, -0.25) is 9.59 Å². The van der Waals surface area contributed by atoms with E-state index in [4.69, 9.17) is 13.9 Å². The molecular formula is C22H23N3O5. The Hall–Kier alpha value is -3.68. The first-order chi connectivity index (χ1) is 14.5. The number of nitrogens with one attached hydrogen (secondary N) is 1. The molecular weight excluding hydrogens is 386 g/mol. The van der Waals surface area contributed by atoms with E-state index in [2.05, 4.69) is 15.5 Å². The van der Waals surface area contributed by atoms with E-state index in [9.17, 15) is 9.59 Å². The summed E-state index contributed by atoms with van der Waals surface area (Å²) in [6, 6.07) is 14.4. The fourth-order valence-electron chi connectivity index (χ4n) is 2.76. The summed E-state index contributed by atoms with van der Waals surface area (Å²) in [7, 11) is 1.59. The third-order valence-electron chi connectivity index (χ3n) is 4.44. The maximum Gasteiger partial charge on any atom is 0.308 e. The molecule has 1 amide bonds. The number of esters is 1. The summed E-state index contributed by atoms with van der Waals surface area (Å²) in [6.07, 6.45) is -0.675. The molecule has 1 unspecified atom stereocenters. The molecule has 8 heteroatoms. The summed E-state index contributed by atoms with van der Waals surface area (Å²) >= 11 is 0. The second kappa shape index (κ2) is 9.69. The van der Waals surface area contributed by atoms with Crippen LogP contribution >= 0.6 is 0 Å². The fraction of sp³-hybridized carbons (Fsp3) is 0.273. The highest BCUT2D eigenvalue weighted by Gasteiger charge is 2.19. The zero-order valence-electron chi connectivity index (χ0n) is 17.0. The third kappa shape index (κ3) is 5.22. The molecule has 0 radical (unpaired) electrons. The number of ether oxygens (including phenoxy) is 2. The number of carbonyl (C=O) groups excluding carboxylic acids is 2. The molecule has 1 N–H and O–H groups in total. The van der Waals surface area contributed by atoms with Crippen LogP contribution in [0.1, 0.15) is 41.3 Å². The van der Waals surface area contributed by atoms with Crippen molar-refractivity contribution in [2.45, 2.75) is 26.4 Å². The molecule has 1 aromatic heterocycles. The Morgan fingerprint density at radius 2 is 1.83 bits per heavy atom. The van der Waals surface area contributed by atoms with Gasteiger partial charge in [-0.25, -0.2) is 0 Å². The number of nitrogens with zero attached hydrogens (tertiary/aromatic N) is 2. The molecule has 0 saturated heterocycles. The minimum atomic E-state index is -0.705. The van der Waals surface area contributed by atoms with Crippen molar-refractivity contribution in [2.75, 3.05) is 13.7 Å². The highest BCUT2D eigenvalue weighted by molar-refractivity contribution is 5.95. The number of carbonyl (C=O) groups is 2. The van der Waals surface area contributed by atoms with Crippen LogP contribution in [-0.2, 0) is 9.53 Å². The van der Waals surface area contributed by atoms with Gasteiger partial charge in [-0.05, 0) is 49.7 Å². The minimum Gasteiger partial charge on any atom is -0.497 e. The van der Waals surface area contributed by atoms with Gasteiger partial charge in [0.05, 0.1) is 13.5 Å². The third-order valence-corrected chi connectivity index (χ3v) is 4.44. The number of amides is 1. The van der Waals surface area contributed by atoms with E-state index in [1.54, 1.807) is 50.4 Å². The van der Waals surface area contributed by atoms with Crippen molar-refractivity contribution >= 4 is 11.9 Å². The lowest BCUT2D eigenvalue weighted by Crippen LogP contribution is -2.27. The van der Waals surface area contributed by atoms with Crippen LogP contribution in [0.2, 0.25) is 0 Å². The average Bonchev–Trinajstić information content (AvgIpc) is 3.24. The molecule has 2 aromatic carbocycles. The van der Waals surface area contributed by atoms with Crippen molar-refractivity contribution in [3.05, 3.63) is 65.5 Å². The van der Waals surface area contributed by atoms with Crippen LogP contribution in [0, 0.1) is 6.92 Å². The zero-order valence-corrected chi connectivity index (χ0v) is 17.0. The number of benzene rings is 2. The molecule has 156 valence electrons. The topological polar surface area (TPSA) is 104 Å². The summed E-state index contributed by atoms with van der Waals surface area (Å²) in [5, 5.41) is 10.7. The van der Waals surface area contributed by atoms with E-state index < -0.39 is 12.1 Å². The molecule has 0 fully saturated rings. The molecule has 30 heavy (non-hydrogen) atoms. The number of hydrogen-bond acceptors (Lipinski definition) is 7. The standard InChI is InChI=1S/C22H23N3O5/c1-14-6-4-5-7-18(14)20(27)23-13-12-19(26)29-15(2)21-24-25-22(30-21)16-8-10-17(28-3)11-9-16/h4-11,15H,12-13H2,1-3H3,(H,23,27). The summed E-state index contributed by atoms with van der Waals surface area (Å²) in [5.41, 5.74) is 2.18. The normalized spacial score (nSPS) is 11.6. The molecule has 0 aliphatic carbocycles. The Balaban J connectivity index is 1.49. The van der Waals surface area contributed by atoms with E-state index in [-0.39, 0.29) is 24.8 Å². The predicted octanol–water partition coefficient (Wildman–Crippen LogP) is 3.48. The summed E-state index contributed by atoms with van der Waals surface area (Å²) in [6.45, 7) is 3.67. The van der Waals surface area contributed by atoms with Gasteiger partial charge in [0.1, 0.15) is 5.75 Å². The van der Waals surface area contributed by atoms with Crippen molar-refractivity contribution in [2.24, 2.45) is 0 Å². The van der Waals surface area contributed by atoms with Gasteiger partial charge in [0.15, 0.2) is 6.10 Å². The number of methoxy groups -OCH3 is 1. The lowest BCUT2D eigenvalue weighted by atomic mass is 10.1. The zero-order chi connectivity index (χ0) is 21.5. The Labute approximate surface area is 174 Å². The molecule has 0 aliphatic rings. The molecule has 0 bridgehead atoms. The number of aromatic nitrogens is 2. The van der Waals surface area contributed by atoms with Gasteiger partial charge in [-0.15, -0.1) is 10.2 Å². The van der Waals surface area contributed by atoms with Gasteiger partial charge in [0.2, 0.25) is 5.89 Å². The smallest absolute Gasteiger partial charge is 0.308 e.